The van der Waals surface area contributed by atoms with Gasteiger partial charge in [0.25, 0.3) is 0 Å². The van der Waals surface area contributed by atoms with E-state index in [1.54, 1.807) is 0 Å². The molecule has 130 valence electrons. The molecule has 0 saturated heterocycles. The Hall–Kier alpha value is -0.330. The summed E-state index contributed by atoms with van der Waals surface area (Å²) in [6.07, 6.45) is 11.2. The third-order valence-corrected chi connectivity index (χ3v) is 9.30. The Kier molecular flexibility index (Phi) is 3.93. The van der Waals surface area contributed by atoms with Crippen LogP contribution in [0.4, 0.5) is 0 Å². The summed E-state index contributed by atoms with van der Waals surface area (Å²) >= 11 is 0. The van der Waals surface area contributed by atoms with Gasteiger partial charge in [0.2, 0.25) is 0 Å². The Morgan fingerprint density at radius 3 is 2.35 bits per heavy atom. The van der Waals surface area contributed by atoms with E-state index in [1.165, 1.54) is 51.4 Å². The molecule has 0 heterocycles. The van der Waals surface area contributed by atoms with Crippen LogP contribution < -0.4 is 0 Å². The average Bonchev–Trinajstić information content (AvgIpc) is 2.86. The first-order chi connectivity index (χ1) is 10.9. The van der Waals surface area contributed by atoms with Gasteiger partial charge in [0.05, 0.1) is 0 Å². The highest BCUT2D eigenvalue weighted by atomic mass is 16.1. The first-order valence-electron chi connectivity index (χ1n) is 10.4. The van der Waals surface area contributed by atoms with Gasteiger partial charge in [-0.3, -0.25) is 4.79 Å². The molecule has 4 fully saturated rings. The van der Waals surface area contributed by atoms with Crippen molar-refractivity contribution in [2.45, 2.75) is 79.1 Å². The fourth-order valence-corrected chi connectivity index (χ4v) is 7.93. The molecule has 0 bridgehead atoms. The van der Waals surface area contributed by atoms with Crippen molar-refractivity contribution in [1.82, 2.24) is 0 Å². The van der Waals surface area contributed by atoms with Crippen molar-refractivity contribution < 1.29 is 4.79 Å². The number of hydrogen-bond donors (Lipinski definition) is 0. The van der Waals surface area contributed by atoms with Gasteiger partial charge in [0.1, 0.15) is 5.78 Å². The van der Waals surface area contributed by atoms with E-state index in [0.29, 0.717) is 17.1 Å². The molecule has 4 aliphatic rings. The van der Waals surface area contributed by atoms with E-state index in [2.05, 4.69) is 20.8 Å². The molecule has 0 spiro atoms. The van der Waals surface area contributed by atoms with Crippen LogP contribution in [-0.4, -0.2) is 5.78 Å². The van der Waals surface area contributed by atoms with Crippen molar-refractivity contribution in [2.75, 3.05) is 0 Å². The minimum absolute atomic E-state index is 0.341. The Morgan fingerprint density at radius 1 is 0.870 bits per heavy atom. The summed E-state index contributed by atoms with van der Waals surface area (Å²) in [7, 11) is 0. The fraction of sp³-hybridized carbons (Fsp3) is 0.955. The van der Waals surface area contributed by atoms with E-state index in [4.69, 9.17) is 0 Å². The molecule has 0 N–H and O–H groups in total. The van der Waals surface area contributed by atoms with Crippen LogP contribution in [0.1, 0.15) is 79.1 Å². The molecule has 4 rings (SSSR count). The number of rotatable bonds is 1. The molecule has 9 unspecified atom stereocenters. The van der Waals surface area contributed by atoms with Crippen molar-refractivity contribution in [3.05, 3.63) is 0 Å². The largest absolute Gasteiger partial charge is 0.300 e. The summed E-state index contributed by atoms with van der Waals surface area (Å²) in [5.41, 5.74) is 0.341. The molecule has 1 heteroatoms. The lowest BCUT2D eigenvalue weighted by atomic mass is 9.48. The molecule has 23 heavy (non-hydrogen) atoms. The lowest BCUT2D eigenvalue weighted by Gasteiger charge is -2.57. The molecular formula is C22H36O. The van der Waals surface area contributed by atoms with Gasteiger partial charge < -0.3 is 0 Å². The summed E-state index contributed by atoms with van der Waals surface area (Å²) in [6.45, 7) is 9.31. The van der Waals surface area contributed by atoms with Crippen LogP contribution in [-0.2, 0) is 4.79 Å². The monoisotopic (exact) mass is 316 g/mol. The summed E-state index contributed by atoms with van der Waals surface area (Å²) < 4.78 is 0. The predicted octanol–water partition coefficient (Wildman–Crippen LogP) is 5.73. The normalized spacial score (nSPS) is 55.7. The third-order valence-electron chi connectivity index (χ3n) is 9.30. The number of fused-ring (bicyclic) bond motifs is 5. The molecule has 9 atom stereocenters. The molecule has 0 amide bonds. The van der Waals surface area contributed by atoms with Crippen molar-refractivity contribution in [3.63, 3.8) is 0 Å². The Labute approximate surface area is 143 Å². The van der Waals surface area contributed by atoms with Crippen LogP contribution in [0.3, 0.4) is 0 Å². The van der Waals surface area contributed by atoms with Crippen molar-refractivity contribution in [3.8, 4) is 0 Å². The first kappa shape index (κ1) is 16.2. The number of ketones is 1. The lowest BCUT2D eigenvalue weighted by molar-refractivity contribution is -0.128. The summed E-state index contributed by atoms with van der Waals surface area (Å²) in [5.74, 6) is 7.54. The van der Waals surface area contributed by atoms with E-state index in [-0.39, 0.29) is 0 Å². The van der Waals surface area contributed by atoms with E-state index >= 15 is 0 Å². The third kappa shape index (κ3) is 2.35. The maximum absolute atomic E-state index is 12.2. The Bertz CT molecular complexity index is 482. The van der Waals surface area contributed by atoms with Crippen molar-refractivity contribution in [1.29, 1.82) is 0 Å². The van der Waals surface area contributed by atoms with Gasteiger partial charge >= 0.3 is 0 Å². The zero-order valence-electron chi connectivity index (χ0n) is 15.7. The molecule has 1 nitrogen and oxygen atoms in total. The number of hydrogen-bond acceptors (Lipinski definition) is 1. The van der Waals surface area contributed by atoms with Crippen molar-refractivity contribution >= 4 is 5.78 Å². The standard InChI is InChI=1S/C22H36O/c1-13-11-16-5-6-18-17(19(16)12-14(13)2)9-10-22(4)20(15(3)23)7-8-21(18)22/h13-14,16-21H,5-12H2,1-4H3. The van der Waals surface area contributed by atoms with Crippen LogP contribution in [0.2, 0.25) is 0 Å². The topological polar surface area (TPSA) is 17.1 Å². The van der Waals surface area contributed by atoms with E-state index < -0.39 is 0 Å². The van der Waals surface area contributed by atoms with Gasteiger partial charge in [-0.15, -0.1) is 0 Å². The zero-order chi connectivity index (χ0) is 16.4. The Balaban J connectivity index is 1.57. The molecule has 4 aliphatic carbocycles. The van der Waals surface area contributed by atoms with Gasteiger partial charge in [-0.1, -0.05) is 20.8 Å². The van der Waals surface area contributed by atoms with Gasteiger partial charge in [-0.25, -0.2) is 0 Å². The zero-order valence-corrected chi connectivity index (χ0v) is 15.7. The molecule has 0 aromatic rings. The first-order valence-corrected chi connectivity index (χ1v) is 10.4. The number of Topliss-reactive ketones (excluding diaryl/α,β-unsaturated/α-hetero) is 1. The van der Waals surface area contributed by atoms with Crippen LogP contribution in [0.5, 0.6) is 0 Å². The molecule has 0 aromatic carbocycles. The summed E-state index contributed by atoms with van der Waals surface area (Å²) in [5, 5.41) is 0. The molecule has 0 aromatic heterocycles. The molecule has 0 radical (unpaired) electrons. The molecular weight excluding hydrogens is 280 g/mol. The van der Waals surface area contributed by atoms with Crippen LogP contribution >= 0.6 is 0 Å². The highest BCUT2D eigenvalue weighted by Gasteiger charge is 2.58. The second kappa shape index (κ2) is 5.60. The van der Waals surface area contributed by atoms with E-state index in [0.717, 1.165) is 41.4 Å². The fourth-order valence-electron chi connectivity index (χ4n) is 7.93. The molecule has 4 saturated carbocycles. The highest BCUT2D eigenvalue weighted by Crippen LogP contribution is 2.64. The molecule has 0 aliphatic heterocycles. The maximum atomic E-state index is 12.2. The smallest absolute Gasteiger partial charge is 0.133 e. The van der Waals surface area contributed by atoms with Crippen LogP contribution in [0.15, 0.2) is 0 Å². The maximum Gasteiger partial charge on any atom is 0.133 e. The van der Waals surface area contributed by atoms with Gasteiger partial charge in [0.15, 0.2) is 0 Å². The quantitative estimate of drug-likeness (QED) is 0.604. The second-order valence-corrected chi connectivity index (χ2v) is 10.1. The SMILES string of the molecule is CC(=O)C1CCC2C3CCC4CC(C)C(C)CC4C3CCC12C. The van der Waals surface area contributed by atoms with Gasteiger partial charge in [-0.2, -0.15) is 0 Å². The van der Waals surface area contributed by atoms with Crippen molar-refractivity contribution in [2.24, 2.45) is 52.8 Å². The lowest BCUT2D eigenvalue weighted by Crippen LogP contribution is -2.49. The van der Waals surface area contributed by atoms with Gasteiger partial charge in [0, 0.05) is 5.92 Å². The van der Waals surface area contributed by atoms with Crippen LogP contribution in [0, 0.1) is 52.8 Å². The summed E-state index contributed by atoms with van der Waals surface area (Å²) in [6, 6.07) is 0. The average molecular weight is 317 g/mol. The predicted molar refractivity (Wildman–Crippen MR) is 95.0 cm³/mol. The minimum Gasteiger partial charge on any atom is -0.300 e. The Morgan fingerprint density at radius 2 is 1.61 bits per heavy atom. The minimum atomic E-state index is 0.341. The highest BCUT2D eigenvalue weighted by molar-refractivity contribution is 5.79. The van der Waals surface area contributed by atoms with Crippen LogP contribution in [0.25, 0.3) is 0 Å². The number of carbonyl (C=O) groups excluding carboxylic acids is 1. The second-order valence-electron chi connectivity index (χ2n) is 10.1. The number of carbonyl (C=O) groups is 1. The van der Waals surface area contributed by atoms with E-state index in [1.807, 2.05) is 6.92 Å². The van der Waals surface area contributed by atoms with Gasteiger partial charge in [-0.05, 0) is 105 Å². The van der Waals surface area contributed by atoms with E-state index in [9.17, 15) is 4.79 Å². The summed E-state index contributed by atoms with van der Waals surface area (Å²) in [4.78, 5) is 12.2.